The minimum absolute atomic E-state index is 0.0566. The van der Waals surface area contributed by atoms with E-state index in [-0.39, 0.29) is 33.0 Å². The first-order valence-corrected chi connectivity index (χ1v) is 3.50. The summed E-state index contributed by atoms with van der Waals surface area (Å²) in [6.07, 6.45) is -0.519. The van der Waals surface area contributed by atoms with Gasteiger partial charge in [-0.15, -0.1) is 0 Å². The van der Waals surface area contributed by atoms with Crippen LogP contribution < -0.4 is 5.73 Å². The van der Waals surface area contributed by atoms with Crippen LogP contribution in [0.5, 0.6) is 0 Å². The molecule has 0 aromatic carbocycles. The van der Waals surface area contributed by atoms with Crippen molar-refractivity contribution >= 4 is 0 Å². The van der Waals surface area contributed by atoms with E-state index in [0.717, 1.165) is 0 Å². The van der Waals surface area contributed by atoms with Crippen molar-refractivity contribution in [2.75, 3.05) is 33.0 Å². The fraction of sp³-hybridized carbons (Fsp3) is 1.00. The molecule has 0 aromatic rings. The van der Waals surface area contributed by atoms with E-state index in [4.69, 9.17) is 25.4 Å². The zero-order chi connectivity index (χ0) is 8.53. The molecule has 5 heteroatoms. The fourth-order valence-electron chi connectivity index (χ4n) is 0.552. The first kappa shape index (κ1) is 10.8. The maximum absolute atomic E-state index is 8.37. The molecule has 0 saturated heterocycles. The lowest BCUT2D eigenvalue weighted by Crippen LogP contribution is -2.29. The van der Waals surface area contributed by atoms with E-state index < -0.39 is 6.29 Å². The lowest BCUT2D eigenvalue weighted by molar-refractivity contribution is -0.145. The molecule has 0 radical (unpaired) electrons. The molecule has 0 unspecified atom stereocenters. The van der Waals surface area contributed by atoms with Gasteiger partial charge in [0.05, 0.1) is 26.4 Å². The van der Waals surface area contributed by atoms with Crippen LogP contribution in [0.4, 0.5) is 0 Å². The third kappa shape index (κ3) is 6.21. The van der Waals surface area contributed by atoms with Gasteiger partial charge in [-0.25, -0.2) is 0 Å². The van der Waals surface area contributed by atoms with Crippen LogP contribution in [-0.2, 0) is 9.47 Å². The topological polar surface area (TPSA) is 84.9 Å². The van der Waals surface area contributed by atoms with Crippen molar-refractivity contribution in [2.24, 2.45) is 5.73 Å². The Balaban J connectivity index is 3.25. The smallest absolute Gasteiger partial charge is 0.169 e. The van der Waals surface area contributed by atoms with Gasteiger partial charge in [0, 0.05) is 6.54 Å². The highest BCUT2D eigenvalue weighted by Gasteiger charge is 2.04. The average molecular weight is 165 g/mol. The number of nitrogens with two attached hydrogens (primary N) is 1. The molecule has 68 valence electrons. The monoisotopic (exact) mass is 165 g/mol. The molecular weight excluding hydrogens is 150 g/mol. The SMILES string of the molecule is NCC(OCCO)OCCO. The van der Waals surface area contributed by atoms with E-state index in [9.17, 15) is 0 Å². The van der Waals surface area contributed by atoms with E-state index in [2.05, 4.69) is 0 Å². The Bertz CT molecular complexity index is 73.0. The normalized spacial score (nSPS) is 10.9. The Morgan fingerprint density at radius 1 is 1.09 bits per heavy atom. The first-order chi connectivity index (χ1) is 5.35. The molecule has 0 spiro atoms. The fourth-order valence-corrected chi connectivity index (χ4v) is 0.552. The summed E-state index contributed by atoms with van der Waals surface area (Å²) in [5, 5.41) is 16.7. The summed E-state index contributed by atoms with van der Waals surface area (Å²) >= 11 is 0. The summed E-state index contributed by atoms with van der Waals surface area (Å²) in [6.45, 7) is 0.512. The van der Waals surface area contributed by atoms with Crippen molar-refractivity contribution in [3.63, 3.8) is 0 Å². The number of ether oxygens (including phenoxy) is 2. The Morgan fingerprint density at radius 3 is 1.82 bits per heavy atom. The van der Waals surface area contributed by atoms with Gasteiger partial charge in [-0.1, -0.05) is 0 Å². The maximum atomic E-state index is 8.37. The van der Waals surface area contributed by atoms with Crippen LogP contribution in [0.15, 0.2) is 0 Å². The van der Waals surface area contributed by atoms with Crippen molar-refractivity contribution < 1.29 is 19.7 Å². The second kappa shape index (κ2) is 7.90. The molecular formula is C6H15NO4. The van der Waals surface area contributed by atoms with Crippen LogP contribution >= 0.6 is 0 Å². The number of hydrogen-bond acceptors (Lipinski definition) is 5. The van der Waals surface area contributed by atoms with Gasteiger partial charge in [0.1, 0.15) is 0 Å². The van der Waals surface area contributed by atoms with Crippen LogP contribution in [0.1, 0.15) is 0 Å². The molecule has 0 aromatic heterocycles. The van der Waals surface area contributed by atoms with Crippen LogP contribution in [-0.4, -0.2) is 49.5 Å². The van der Waals surface area contributed by atoms with Gasteiger partial charge < -0.3 is 25.4 Å². The zero-order valence-corrected chi connectivity index (χ0v) is 6.40. The van der Waals surface area contributed by atoms with Gasteiger partial charge in [0.15, 0.2) is 6.29 Å². The van der Waals surface area contributed by atoms with Crippen LogP contribution in [0.2, 0.25) is 0 Å². The highest BCUT2D eigenvalue weighted by molar-refractivity contribution is 4.43. The van der Waals surface area contributed by atoms with E-state index in [1.807, 2.05) is 0 Å². The number of aliphatic hydroxyl groups is 2. The molecule has 0 aliphatic carbocycles. The predicted molar refractivity (Wildman–Crippen MR) is 38.9 cm³/mol. The highest BCUT2D eigenvalue weighted by Crippen LogP contribution is 1.91. The van der Waals surface area contributed by atoms with Crippen molar-refractivity contribution in [2.45, 2.75) is 6.29 Å². The number of hydrogen-bond donors (Lipinski definition) is 3. The van der Waals surface area contributed by atoms with E-state index in [0.29, 0.717) is 0 Å². The first-order valence-electron chi connectivity index (χ1n) is 3.50. The molecule has 0 aliphatic heterocycles. The van der Waals surface area contributed by atoms with Gasteiger partial charge in [-0.05, 0) is 0 Å². The molecule has 0 fully saturated rings. The molecule has 0 saturated carbocycles. The quantitative estimate of drug-likeness (QED) is 0.391. The Hall–Kier alpha value is -0.200. The van der Waals surface area contributed by atoms with Crippen molar-refractivity contribution in [3.8, 4) is 0 Å². The molecule has 0 heterocycles. The summed E-state index contributed by atoms with van der Waals surface area (Å²) in [7, 11) is 0. The lowest BCUT2D eigenvalue weighted by atomic mass is 10.6. The number of rotatable bonds is 7. The second-order valence-electron chi connectivity index (χ2n) is 1.85. The highest BCUT2D eigenvalue weighted by atomic mass is 16.7. The molecule has 0 bridgehead atoms. The van der Waals surface area contributed by atoms with Gasteiger partial charge >= 0.3 is 0 Å². The Kier molecular flexibility index (Phi) is 7.76. The molecule has 5 nitrogen and oxygen atoms in total. The van der Waals surface area contributed by atoms with Crippen molar-refractivity contribution in [3.05, 3.63) is 0 Å². The van der Waals surface area contributed by atoms with Gasteiger partial charge in [-0.2, -0.15) is 0 Å². The van der Waals surface area contributed by atoms with Gasteiger partial charge in [-0.3, -0.25) is 0 Å². The summed E-state index contributed by atoms with van der Waals surface area (Å²) in [5.74, 6) is 0. The van der Waals surface area contributed by atoms with Crippen LogP contribution in [0.3, 0.4) is 0 Å². The minimum Gasteiger partial charge on any atom is -0.394 e. The molecule has 0 amide bonds. The third-order valence-electron chi connectivity index (χ3n) is 0.983. The van der Waals surface area contributed by atoms with Crippen molar-refractivity contribution in [1.82, 2.24) is 0 Å². The second-order valence-corrected chi connectivity index (χ2v) is 1.85. The summed E-state index contributed by atoms with van der Waals surface area (Å²) in [6, 6.07) is 0. The van der Waals surface area contributed by atoms with E-state index in [1.165, 1.54) is 0 Å². The molecule has 0 atom stereocenters. The average Bonchev–Trinajstić information content (AvgIpc) is 2.05. The zero-order valence-electron chi connectivity index (χ0n) is 6.40. The summed E-state index contributed by atoms with van der Waals surface area (Å²) in [5.41, 5.74) is 5.24. The third-order valence-corrected chi connectivity index (χ3v) is 0.983. The largest absolute Gasteiger partial charge is 0.394 e. The lowest BCUT2D eigenvalue weighted by Gasteiger charge is -2.14. The summed E-state index contributed by atoms with van der Waals surface area (Å²) < 4.78 is 9.87. The van der Waals surface area contributed by atoms with Crippen LogP contribution in [0, 0.1) is 0 Å². The molecule has 4 N–H and O–H groups in total. The van der Waals surface area contributed by atoms with Gasteiger partial charge in [0.25, 0.3) is 0 Å². The standard InChI is InChI=1S/C6H15NO4/c7-5-6(10-3-1-8)11-4-2-9/h6,8-9H,1-5,7H2. The number of aliphatic hydroxyl groups excluding tert-OH is 2. The Morgan fingerprint density at radius 2 is 1.55 bits per heavy atom. The predicted octanol–water partition coefficient (Wildman–Crippen LogP) is -1.71. The summed E-state index contributed by atoms with van der Waals surface area (Å²) in [4.78, 5) is 0. The maximum Gasteiger partial charge on any atom is 0.169 e. The molecule has 0 aliphatic rings. The van der Waals surface area contributed by atoms with E-state index >= 15 is 0 Å². The molecule has 11 heavy (non-hydrogen) atoms. The Labute approximate surface area is 65.7 Å². The van der Waals surface area contributed by atoms with Gasteiger partial charge in [0.2, 0.25) is 0 Å². The van der Waals surface area contributed by atoms with E-state index in [1.54, 1.807) is 0 Å². The van der Waals surface area contributed by atoms with Crippen molar-refractivity contribution in [1.29, 1.82) is 0 Å². The minimum atomic E-state index is -0.519. The molecule has 0 rings (SSSR count). The van der Waals surface area contributed by atoms with Crippen LogP contribution in [0.25, 0.3) is 0 Å².